The molecule has 1 atom stereocenters. The van der Waals surface area contributed by atoms with Crippen LogP contribution in [-0.4, -0.2) is 0 Å². The van der Waals surface area contributed by atoms with Gasteiger partial charge >= 0.3 is 0 Å². The van der Waals surface area contributed by atoms with Gasteiger partial charge in [-0.3, -0.25) is 0 Å². The van der Waals surface area contributed by atoms with Crippen molar-refractivity contribution in [1.82, 2.24) is 0 Å². The van der Waals surface area contributed by atoms with Gasteiger partial charge in [0.1, 0.15) is 0 Å². The van der Waals surface area contributed by atoms with Crippen molar-refractivity contribution in [3.8, 4) is 0 Å². The Bertz CT molecular complexity index is 535. The average Bonchev–Trinajstić information content (AvgIpc) is 2.71. The molecule has 0 amide bonds. The first-order valence-electron chi connectivity index (χ1n) is 12.4. The molecule has 152 valence electrons. The molecule has 1 aromatic carbocycles. The zero-order chi connectivity index (χ0) is 18.9. The van der Waals surface area contributed by atoms with Crippen molar-refractivity contribution < 1.29 is 0 Å². The van der Waals surface area contributed by atoms with Crippen LogP contribution < -0.4 is 0 Å². The van der Waals surface area contributed by atoms with E-state index in [0.717, 1.165) is 17.8 Å². The summed E-state index contributed by atoms with van der Waals surface area (Å²) in [6, 6.07) is 7.63. The van der Waals surface area contributed by atoms with Crippen LogP contribution in [0.5, 0.6) is 0 Å². The Labute approximate surface area is 169 Å². The molecule has 1 aromatic rings. The molecule has 0 bridgehead atoms. The fourth-order valence-corrected chi connectivity index (χ4v) is 5.68. The minimum Gasteiger partial charge on any atom is -0.0654 e. The van der Waals surface area contributed by atoms with Crippen LogP contribution in [0, 0.1) is 11.8 Å². The molecule has 0 aromatic heterocycles. The maximum Gasteiger partial charge on any atom is -0.0162 e. The lowest BCUT2D eigenvalue weighted by Crippen LogP contribution is -2.16. The standard InChI is InChI=1S/C27H44/c1-3-5-7-9-11-23-14-17-27-21-26(19-18-25(27)20-23)24-15-12-22(13-16-24)10-8-6-4-2/h18-19,21-24H,3-17,20H2,1-2H3/t22-,23?,24-. The molecule has 1 fully saturated rings. The van der Waals surface area contributed by atoms with E-state index >= 15 is 0 Å². The molecule has 2 aliphatic rings. The summed E-state index contributed by atoms with van der Waals surface area (Å²) in [5.41, 5.74) is 5.04. The summed E-state index contributed by atoms with van der Waals surface area (Å²) in [5.74, 6) is 2.84. The van der Waals surface area contributed by atoms with E-state index in [1.54, 1.807) is 16.7 Å². The Hall–Kier alpha value is -0.780. The Morgan fingerprint density at radius 2 is 1.41 bits per heavy atom. The molecular weight excluding hydrogens is 324 g/mol. The quantitative estimate of drug-likeness (QED) is 0.362. The first kappa shape index (κ1) is 20.9. The molecule has 1 saturated carbocycles. The Kier molecular flexibility index (Phi) is 8.75. The second-order valence-corrected chi connectivity index (χ2v) is 9.70. The molecule has 2 aliphatic carbocycles. The van der Waals surface area contributed by atoms with Crippen LogP contribution >= 0.6 is 0 Å². The van der Waals surface area contributed by atoms with Gasteiger partial charge in [0.15, 0.2) is 0 Å². The van der Waals surface area contributed by atoms with Crippen LogP contribution in [0.3, 0.4) is 0 Å². The van der Waals surface area contributed by atoms with Gasteiger partial charge in [0.05, 0.1) is 0 Å². The van der Waals surface area contributed by atoms with E-state index in [2.05, 4.69) is 32.0 Å². The number of hydrogen-bond donors (Lipinski definition) is 0. The van der Waals surface area contributed by atoms with Gasteiger partial charge in [0.2, 0.25) is 0 Å². The van der Waals surface area contributed by atoms with Crippen LogP contribution in [-0.2, 0) is 12.8 Å². The highest BCUT2D eigenvalue weighted by atomic mass is 14.3. The highest BCUT2D eigenvalue weighted by molar-refractivity contribution is 5.36. The van der Waals surface area contributed by atoms with Crippen LogP contribution in [0.4, 0.5) is 0 Å². The highest BCUT2D eigenvalue weighted by Gasteiger charge is 2.24. The first-order chi connectivity index (χ1) is 13.3. The second kappa shape index (κ2) is 11.3. The number of fused-ring (bicyclic) bond motifs is 1. The number of hydrogen-bond acceptors (Lipinski definition) is 0. The van der Waals surface area contributed by atoms with Crippen molar-refractivity contribution in [1.29, 1.82) is 0 Å². The minimum absolute atomic E-state index is 0.851. The molecule has 1 unspecified atom stereocenters. The molecule has 0 nitrogen and oxygen atoms in total. The third kappa shape index (κ3) is 6.37. The van der Waals surface area contributed by atoms with Gasteiger partial charge in [-0.25, -0.2) is 0 Å². The largest absolute Gasteiger partial charge is 0.0654 e. The first-order valence-corrected chi connectivity index (χ1v) is 12.4. The van der Waals surface area contributed by atoms with Crippen molar-refractivity contribution in [2.75, 3.05) is 0 Å². The summed E-state index contributed by atoms with van der Waals surface area (Å²) in [6.45, 7) is 4.63. The Morgan fingerprint density at radius 3 is 2.19 bits per heavy atom. The normalized spacial score (nSPS) is 25.3. The summed E-state index contributed by atoms with van der Waals surface area (Å²) >= 11 is 0. The molecule has 0 heteroatoms. The number of rotatable bonds is 10. The number of unbranched alkanes of at least 4 members (excludes halogenated alkanes) is 5. The summed E-state index contributed by atoms with van der Waals surface area (Å²) < 4.78 is 0. The van der Waals surface area contributed by atoms with E-state index in [-0.39, 0.29) is 0 Å². The zero-order valence-corrected chi connectivity index (χ0v) is 18.3. The van der Waals surface area contributed by atoms with Gasteiger partial charge in [-0.05, 0) is 79.4 Å². The molecule has 27 heavy (non-hydrogen) atoms. The topological polar surface area (TPSA) is 0 Å². The maximum absolute atomic E-state index is 2.62. The highest BCUT2D eigenvalue weighted by Crippen LogP contribution is 2.39. The lowest BCUT2D eigenvalue weighted by atomic mass is 9.75. The van der Waals surface area contributed by atoms with Crippen LogP contribution in [0.25, 0.3) is 0 Å². The Balaban J connectivity index is 1.46. The molecule has 3 rings (SSSR count). The van der Waals surface area contributed by atoms with E-state index in [9.17, 15) is 0 Å². The van der Waals surface area contributed by atoms with Crippen molar-refractivity contribution >= 4 is 0 Å². The maximum atomic E-state index is 2.62. The van der Waals surface area contributed by atoms with Crippen molar-refractivity contribution in [2.24, 2.45) is 11.8 Å². The summed E-state index contributed by atoms with van der Waals surface area (Å²) in [6.07, 6.45) is 22.9. The zero-order valence-electron chi connectivity index (χ0n) is 18.3. The predicted molar refractivity (Wildman–Crippen MR) is 120 cm³/mol. The van der Waals surface area contributed by atoms with Gasteiger partial charge in [-0.2, -0.15) is 0 Å². The summed E-state index contributed by atoms with van der Waals surface area (Å²) in [7, 11) is 0. The van der Waals surface area contributed by atoms with Gasteiger partial charge in [-0.1, -0.05) is 89.8 Å². The van der Waals surface area contributed by atoms with Gasteiger partial charge in [0.25, 0.3) is 0 Å². The summed E-state index contributed by atoms with van der Waals surface area (Å²) in [5, 5.41) is 0. The van der Waals surface area contributed by atoms with Crippen LogP contribution in [0.15, 0.2) is 18.2 Å². The third-order valence-electron chi connectivity index (χ3n) is 7.56. The van der Waals surface area contributed by atoms with Crippen LogP contribution in [0.2, 0.25) is 0 Å². The lowest BCUT2D eigenvalue weighted by Gasteiger charge is -2.30. The fourth-order valence-electron chi connectivity index (χ4n) is 5.68. The molecular formula is C27H44. The van der Waals surface area contributed by atoms with Gasteiger partial charge < -0.3 is 0 Å². The van der Waals surface area contributed by atoms with Gasteiger partial charge in [-0.15, -0.1) is 0 Å². The van der Waals surface area contributed by atoms with Crippen molar-refractivity contribution in [2.45, 2.75) is 122 Å². The SMILES string of the molecule is CCCCCCC1CCc2cc([C@H]3CC[C@H](CCCCC)CC3)ccc2C1. The second-order valence-electron chi connectivity index (χ2n) is 9.70. The van der Waals surface area contributed by atoms with E-state index in [0.29, 0.717) is 0 Å². The fraction of sp³-hybridized carbons (Fsp3) is 0.778. The lowest BCUT2D eigenvalue weighted by molar-refractivity contribution is 0.302. The van der Waals surface area contributed by atoms with E-state index in [1.807, 2.05) is 0 Å². The minimum atomic E-state index is 0.851. The third-order valence-corrected chi connectivity index (χ3v) is 7.56. The average molecular weight is 369 g/mol. The molecule has 0 aliphatic heterocycles. The van der Waals surface area contributed by atoms with E-state index in [4.69, 9.17) is 0 Å². The van der Waals surface area contributed by atoms with Gasteiger partial charge in [0, 0.05) is 0 Å². The molecule has 0 heterocycles. The predicted octanol–water partition coefficient (Wildman–Crippen LogP) is 8.62. The Morgan fingerprint density at radius 1 is 0.704 bits per heavy atom. The molecule has 0 spiro atoms. The molecule has 0 saturated heterocycles. The van der Waals surface area contributed by atoms with Crippen LogP contribution in [0.1, 0.15) is 126 Å². The number of aryl methyl sites for hydroxylation is 1. The van der Waals surface area contributed by atoms with Crippen molar-refractivity contribution in [3.63, 3.8) is 0 Å². The van der Waals surface area contributed by atoms with E-state index < -0.39 is 0 Å². The van der Waals surface area contributed by atoms with Crippen molar-refractivity contribution in [3.05, 3.63) is 34.9 Å². The smallest absolute Gasteiger partial charge is 0.0162 e. The summed E-state index contributed by atoms with van der Waals surface area (Å²) in [4.78, 5) is 0. The van der Waals surface area contributed by atoms with E-state index in [1.165, 1.54) is 103 Å². The molecule has 0 radical (unpaired) electrons. The number of benzene rings is 1. The molecule has 0 N–H and O–H groups in total. The monoisotopic (exact) mass is 368 g/mol.